The number of amides is 1. The van der Waals surface area contributed by atoms with E-state index in [1.807, 2.05) is 11.0 Å². The maximum atomic E-state index is 13.1. The highest BCUT2D eigenvalue weighted by Gasteiger charge is 2.32. The maximum Gasteiger partial charge on any atom is 0.387 e. The van der Waals surface area contributed by atoms with Gasteiger partial charge in [-0.15, -0.1) is 0 Å². The normalized spacial score (nSPS) is 18.2. The predicted octanol–water partition coefficient (Wildman–Crippen LogP) is 3.11. The van der Waals surface area contributed by atoms with E-state index in [0.717, 1.165) is 24.8 Å². The van der Waals surface area contributed by atoms with Crippen molar-refractivity contribution in [2.75, 3.05) is 31.5 Å². The molecule has 2 aliphatic rings. The lowest BCUT2D eigenvalue weighted by atomic mass is 10.1. The predicted molar refractivity (Wildman–Crippen MR) is 120 cm³/mol. The summed E-state index contributed by atoms with van der Waals surface area (Å²) in [4.78, 5) is 14.9. The smallest absolute Gasteiger partial charge is 0.387 e. The number of nitrogens with one attached hydrogen (secondary N) is 1. The van der Waals surface area contributed by atoms with Crippen molar-refractivity contribution in [1.29, 1.82) is 0 Å². The summed E-state index contributed by atoms with van der Waals surface area (Å²) in [6, 6.07) is 10.8. The van der Waals surface area contributed by atoms with Crippen LogP contribution in [0.25, 0.3) is 0 Å². The van der Waals surface area contributed by atoms with Crippen molar-refractivity contribution in [3.8, 4) is 5.75 Å². The number of hydrogen-bond donors (Lipinski definition) is 1. The molecule has 0 bridgehead atoms. The molecule has 1 aliphatic carbocycles. The van der Waals surface area contributed by atoms with Gasteiger partial charge in [-0.3, -0.25) is 9.69 Å². The molecule has 1 atom stereocenters. The molecule has 2 aromatic rings. The van der Waals surface area contributed by atoms with E-state index in [9.17, 15) is 22.0 Å². The standard InChI is InChI=1S/C23H27F2N3O4S/c1-16(22(29)26-20-7-2-3-8-21(20)32-23(24)25)27-11-13-28(14-12-27)33(30,31)19-10-9-17-5-4-6-18(17)15-19/h2-3,7-10,15-16,23H,4-6,11-14H2,1H3,(H,26,29)/t16-/m0/s1. The van der Waals surface area contributed by atoms with Crippen LogP contribution in [-0.4, -0.2) is 62.4 Å². The largest absolute Gasteiger partial charge is 0.433 e. The highest BCUT2D eigenvalue weighted by molar-refractivity contribution is 7.89. The summed E-state index contributed by atoms with van der Waals surface area (Å²) in [5.41, 5.74) is 2.49. The van der Waals surface area contributed by atoms with E-state index < -0.39 is 22.7 Å². The third-order valence-electron chi connectivity index (χ3n) is 6.27. The minimum atomic E-state index is -3.60. The summed E-state index contributed by atoms with van der Waals surface area (Å²) in [6.07, 6.45) is 2.95. The number of aryl methyl sites for hydroxylation is 2. The molecular formula is C23H27F2N3O4S. The van der Waals surface area contributed by atoms with Crippen LogP contribution in [0.2, 0.25) is 0 Å². The highest BCUT2D eigenvalue weighted by Crippen LogP contribution is 2.28. The lowest BCUT2D eigenvalue weighted by molar-refractivity contribution is -0.121. The molecule has 178 valence electrons. The van der Waals surface area contributed by atoms with E-state index >= 15 is 0 Å². The van der Waals surface area contributed by atoms with Gasteiger partial charge in [0.2, 0.25) is 15.9 Å². The summed E-state index contributed by atoms with van der Waals surface area (Å²) in [7, 11) is -3.60. The number of benzene rings is 2. The van der Waals surface area contributed by atoms with Gasteiger partial charge in [0.25, 0.3) is 0 Å². The Bertz CT molecular complexity index is 1120. The molecule has 0 radical (unpaired) electrons. The molecule has 0 spiro atoms. The van der Waals surface area contributed by atoms with Crippen molar-refractivity contribution in [2.24, 2.45) is 0 Å². The van der Waals surface area contributed by atoms with Crippen molar-refractivity contribution in [3.05, 3.63) is 53.6 Å². The van der Waals surface area contributed by atoms with E-state index in [1.165, 1.54) is 28.1 Å². The van der Waals surface area contributed by atoms with Crippen LogP contribution in [0.3, 0.4) is 0 Å². The molecule has 0 aromatic heterocycles. The van der Waals surface area contributed by atoms with Crippen LogP contribution in [-0.2, 0) is 27.7 Å². The Kier molecular flexibility index (Phi) is 6.96. The fourth-order valence-corrected chi connectivity index (χ4v) is 5.83. The van der Waals surface area contributed by atoms with Gasteiger partial charge in [-0.25, -0.2) is 8.42 Å². The number of ether oxygens (including phenoxy) is 1. The Hall–Kier alpha value is -2.56. The van der Waals surface area contributed by atoms with Gasteiger partial charge in [-0.2, -0.15) is 13.1 Å². The summed E-state index contributed by atoms with van der Waals surface area (Å²) in [5.74, 6) is -0.492. The minimum absolute atomic E-state index is 0.113. The maximum absolute atomic E-state index is 13.1. The first-order valence-electron chi connectivity index (χ1n) is 11.0. The van der Waals surface area contributed by atoms with Crippen molar-refractivity contribution in [1.82, 2.24) is 9.21 Å². The second kappa shape index (κ2) is 9.74. The molecule has 0 saturated carbocycles. The van der Waals surface area contributed by atoms with Crippen molar-refractivity contribution >= 4 is 21.6 Å². The van der Waals surface area contributed by atoms with Gasteiger partial charge >= 0.3 is 6.61 Å². The van der Waals surface area contributed by atoms with E-state index in [0.29, 0.717) is 18.0 Å². The molecule has 7 nitrogen and oxygen atoms in total. The number of carbonyl (C=O) groups excluding carboxylic acids is 1. The number of hydrogen-bond acceptors (Lipinski definition) is 5. The number of anilines is 1. The second-order valence-electron chi connectivity index (χ2n) is 8.26. The first-order chi connectivity index (χ1) is 15.8. The summed E-state index contributed by atoms with van der Waals surface area (Å²) < 4.78 is 57.4. The number of nitrogens with zero attached hydrogens (tertiary/aromatic N) is 2. The molecular weight excluding hydrogens is 452 g/mol. The molecule has 1 fully saturated rings. The van der Waals surface area contributed by atoms with Crippen LogP contribution >= 0.6 is 0 Å². The van der Waals surface area contributed by atoms with E-state index in [-0.39, 0.29) is 30.4 Å². The Labute approximate surface area is 192 Å². The Morgan fingerprint density at radius 2 is 1.73 bits per heavy atom. The monoisotopic (exact) mass is 479 g/mol. The van der Waals surface area contributed by atoms with Gasteiger partial charge in [-0.1, -0.05) is 18.2 Å². The average Bonchev–Trinajstić information content (AvgIpc) is 3.27. The van der Waals surface area contributed by atoms with Crippen LogP contribution in [0.5, 0.6) is 5.75 Å². The number of alkyl halides is 2. The number of halogens is 2. The number of para-hydroxylation sites is 2. The lowest BCUT2D eigenvalue weighted by Crippen LogP contribution is -2.53. The molecule has 1 heterocycles. The lowest BCUT2D eigenvalue weighted by Gasteiger charge is -2.36. The fourth-order valence-electron chi connectivity index (χ4n) is 4.36. The summed E-state index contributed by atoms with van der Waals surface area (Å²) in [5, 5.41) is 2.63. The van der Waals surface area contributed by atoms with Crippen LogP contribution < -0.4 is 10.1 Å². The summed E-state index contributed by atoms with van der Waals surface area (Å²) in [6.45, 7) is 0.00375. The molecule has 1 amide bonds. The van der Waals surface area contributed by atoms with Gasteiger partial charge in [0.1, 0.15) is 5.75 Å². The molecule has 10 heteroatoms. The third-order valence-corrected chi connectivity index (χ3v) is 8.16. The van der Waals surface area contributed by atoms with E-state index in [4.69, 9.17) is 0 Å². The molecule has 1 aliphatic heterocycles. The number of piperazine rings is 1. The molecule has 1 N–H and O–H groups in total. The van der Waals surface area contributed by atoms with Gasteiger partial charge in [-0.05, 0) is 61.6 Å². The molecule has 2 aromatic carbocycles. The number of sulfonamides is 1. The molecule has 33 heavy (non-hydrogen) atoms. The SMILES string of the molecule is C[C@@H](C(=O)Nc1ccccc1OC(F)F)N1CCN(S(=O)(=O)c2ccc3c(c2)CCC3)CC1. The van der Waals surface area contributed by atoms with E-state index in [1.54, 1.807) is 25.1 Å². The Balaban J connectivity index is 1.37. The minimum Gasteiger partial charge on any atom is -0.433 e. The molecule has 1 saturated heterocycles. The fraction of sp³-hybridized carbons (Fsp3) is 0.435. The van der Waals surface area contributed by atoms with Gasteiger partial charge in [0, 0.05) is 26.2 Å². The number of fused-ring (bicyclic) bond motifs is 1. The average molecular weight is 480 g/mol. The van der Waals surface area contributed by atoms with Crippen LogP contribution in [0.1, 0.15) is 24.5 Å². The molecule has 4 rings (SSSR count). The zero-order valence-corrected chi connectivity index (χ0v) is 19.2. The van der Waals surface area contributed by atoms with Crippen molar-refractivity contribution < 1.29 is 26.7 Å². The first-order valence-corrected chi connectivity index (χ1v) is 12.4. The molecule has 0 unspecified atom stereocenters. The Morgan fingerprint density at radius 3 is 2.45 bits per heavy atom. The first kappa shape index (κ1) is 23.6. The van der Waals surface area contributed by atoms with Gasteiger partial charge < -0.3 is 10.1 Å². The Morgan fingerprint density at radius 1 is 1.03 bits per heavy atom. The van der Waals surface area contributed by atoms with Crippen molar-refractivity contribution in [2.45, 2.75) is 43.7 Å². The zero-order valence-electron chi connectivity index (χ0n) is 18.3. The second-order valence-corrected chi connectivity index (χ2v) is 10.2. The quantitative estimate of drug-likeness (QED) is 0.660. The van der Waals surface area contributed by atoms with Gasteiger partial charge in [0.15, 0.2) is 0 Å². The highest BCUT2D eigenvalue weighted by atomic mass is 32.2. The van der Waals surface area contributed by atoms with Gasteiger partial charge in [0.05, 0.1) is 16.6 Å². The number of carbonyl (C=O) groups is 1. The topological polar surface area (TPSA) is 79.0 Å². The van der Waals surface area contributed by atoms with Crippen molar-refractivity contribution in [3.63, 3.8) is 0 Å². The van der Waals surface area contributed by atoms with Crippen LogP contribution in [0.4, 0.5) is 14.5 Å². The summed E-state index contributed by atoms with van der Waals surface area (Å²) >= 11 is 0. The third kappa shape index (κ3) is 5.18. The number of rotatable bonds is 7. The van der Waals surface area contributed by atoms with E-state index in [2.05, 4.69) is 10.1 Å². The van der Waals surface area contributed by atoms with Crippen LogP contribution in [0.15, 0.2) is 47.4 Å². The zero-order chi connectivity index (χ0) is 23.6. The van der Waals surface area contributed by atoms with Crippen LogP contribution in [0, 0.1) is 0 Å².